The Hall–Kier alpha value is -1.82. The van der Waals surface area contributed by atoms with Crippen LogP contribution < -0.4 is 5.32 Å². The zero-order valence-corrected chi connectivity index (χ0v) is 14.0. The molecule has 0 bridgehead atoms. The maximum atomic E-state index is 12.6. The number of nitrogens with zero attached hydrogens (tertiary/aromatic N) is 2. The minimum atomic E-state index is -0.108. The number of halogens is 1. The van der Waals surface area contributed by atoms with E-state index >= 15 is 0 Å². The summed E-state index contributed by atoms with van der Waals surface area (Å²) in [6.07, 6.45) is 2.71. The van der Waals surface area contributed by atoms with Crippen LogP contribution in [0.2, 0.25) is 0 Å². The highest BCUT2D eigenvalue weighted by Crippen LogP contribution is 2.33. The number of anilines is 1. The topological polar surface area (TPSA) is 58.4 Å². The second-order valence-electron chi connectivity index (χ2n) is 5.34. The molecular formula is C16H18BrN3O2. The molecule has 1 fully saturated rings. The first kappa shape index (κ1) is 15.1. The maximum absolute atomic E-state index is 12.6. The molecular weight excluding hydrogens is 346 g/mol. The van der Waals surface area contributed by atoms with Crippen molar-refractivity contribution in [2.24, 2.45) is 0 Å². The average molecular weight is 364 g/mol. The summed E-state index contributed by atoms with van der Waals surface area (Å²) in [6.45, 7) is 2.76. The van der Waals surface area contributed by atoms with Crippen LogP contribution in [0.1, 0.15) is 37.3 Å². The van der Waals surface area contributed by atoms with Gasteiger partial charge in [0.1, 0.15) is 0 Å². The van der Waals surface area contributed by atoms with Crippen LogP contribution in [-0.2, 0) is 6.42 Å². The van der Waals surface area contributed by atoms with Crippen molar-refractivity contribution in [2.45, 2.75) is 32.2 Å². The summed E-state index contributed by atoms with van der Waals surface area (Å²) in [6, 6.07) is 9.40. The summed E-state index contributed by atoms with van der Waals surface area (Å²) in [5, 5.41) is 6.98. The first-order valence-corrected chi connectivity index (χ1v) is 8.26. The fourth-order valence-corrected chi connectivity index (χ4v) is 3.09. The molecule has 0 unspecified atom stereocenters. The third-order valence-electron chi connectivity index (χ3n) is 3.90. The molecule has 5 nitrogen and oxygen atoms in total. The summed E-state index contributed by atoms with van der Waals surface area (Å²) >= 11 is 3.44. The molecule has 1 aliphatic heterocycles. The van der Waals surface area contributed by atoms with Gasteiger partial charge in [-0.2, -0.15) is 0 Å². The normalized spacial score (nSPS) is 17.7. The van der Waals surface area contributed by atoms with E-state index < -0.39 is 0 Å². The Balaban J connectivity index is 1.75. The Kier molecular flexibility index (Phi) is 4.47. The van der Waals surface area contributed by atoms with Crippen molar-refractivity contribution in [2.75, 3.05) is 11.9 Å². The number of carbonyl (C=O) groups is 1. The second kappa shape index (κ2) is 6.52. The van der Waals surface area contributed by atoms with Crippen molar-refractivity contribution in [1.29, 1.82) is 0 Å². The van der Waals surface area contributed by atoms with E-state index in [4.69, 9.17) is 4.52 Å². The highest BCUT2D eigenvalue weighted by Gasteiger charge is 2.33. The van der Waals surface area contributed by atoms with Crippen molar-refractivity contribution in [3.63, 3.8) is 0 Å². The van der Waals surface area contributed by atoms with E-state index in [0.717, 1.165) is 47.4 Å². The van der Waals surface area contributed by atoms with E-state index in [-0.39, 0.29) is 12.1 Å². The summed E-state index contributed by atoms with van der Waals surface area (Å²) in [5.41, 5.74) is 1.69. The van der Waals surface area contributed by atoms with Crippen LogP contribution in [0.25, 0.3) is 0 Å². The van der Waals surface area contributed by atoms with Gasteiger partial charge in [0.05, 0.1) is 17.4 Å². The number of aromatic nitrogens is 1. The molecule has 0 spiro atoms. The first-order chi connectivity index (χ1) is 10.7. The zero-order chi connectivity index (χ0) is 15.5. The van der Waals surface area contributed by atoms with Crippen LogP contribution in [0.15, 0.2) is 39.3 Å². The second-order valence-corrected chi connectivity index (χ2v) is 6.19. The molecule has 3 rings (SSSR count). The van der Waals surface area contributed by atoms with Gasteiger partial charge in [0.15, 0.2) is 5.76 Å². The lowest BCUT2D eigenvalue weighted by Crippen LogP contribution is -2.34. The molecule has 1 N–H and O–H groups in total. The number of hydrogen-bond donors (Lipinski definition) is 1. The van der Waals surface area contributed by atoms with Gasteiger partial charge in [-0.3, -0.25) is 0 Å². The fourth-order valence-electron chi connectivity index (χ4n) is 2.71. The van der Waals surface area contributed by atoms with Crippen molar-refractivity contribution in [1.82, 2.24) is 10.1 Å². The largest absolute Gasteiger partial charge is 0.359 e. The Morgan fingerprint density at radius 3 is 3.05 bits per heavy atom. The first-order valence-electron chi connectivity index (χ1n) is 7.46. The third-order valence-corrected chi connectivity index (χ3v) is 4.59. The smallest absolute Gasteiger partial charge is 0.322 e. The van der Waals surface area contributed by atoms with Crippen LogP contribution in [0.5, 0.6) is 0 Å². The lowest BCUT2D eigenvalue weighted by molar-refractivity contribution is 0.195. The van der Waals surface area contributed by atoms with E-state index in [1.165, 1.54) is 0 Å². The quantitative estimate of drug-likeness (QED) is 0.880. The number of rotatable bonds is 3. The van der Waals surface area contributed by atoms with Gasteiger partial charge >= 0.3 is 6.03 Å². The van der Waals surface area contributed by atoms with Crippen molar-refractivity contribution in [3.8, 4) is 0 Å². The number of likely N-dealkylation sites (tertiary alicyclic amines) is 1. The molecule has 1 aliphatic rings. The molecule has 2 amide bonds. The standard InChI is InChI=1S/C16H18BrN3O2/c1-2-11-10-15(22-19-11)14-8-5-9-20(14)16(21)18-13-7-4-3-6-12(13)17/h3-4,6-7,10,14H,2,5,8-9H2,1H3,(H,18,21)/t14-/m0/s1. The van der Waals surface area contributed by atoms with E-state index in [9.17, 15) is 4.79 Å². The van der Waals surface area contributed by atoms with Gasteiger partial charge in [0, 0.05) is 17.1 Å². The molecule has 1 aromatic heterocycles. The van der Waals surface area contributed by atoms with Gasteiger partial charge in [-0.25, -0.2) is 4.79 Å². The highest BCUT2D eigenvalue weighted by atomic mass is 79.9. The number of urea groups is 1. The van der Waals surface area contributed by atoms with Crippen molar-refractivity contribution < 1.29 is 9.32 Å². The Bertz CT molecular complexity index is 671. The predicted octanol–water partition coefficient (Wildman–Crippen LogP) is 4.37. The Morgan fingerprint density at radius 1 is 1.50 bits per heavy atom. The predicted molar refractivity (Wildman–Crippen MR) is 87.7 cm³/mol. The fraction of sp³-hybridized carbons (Fsp3) is 0.375. The van der Waals surface area contributed by atoms with Gasteiger partial charge < -0.3 is 14.7 Å². The third kappa shape index (κ3) is 3.02. The minimum Gasteiger partial charge on any atom is -0.359 e. The summed E-state index contributed by atoms with van der Waals surface area (Å²) in [4.78, 5) is 14.4. The van der Waals surface area contributed by atoms with Crippen LogP contribution in [-0.4, -0.2) is 22.6 Å². The lowest BCUT2D eigenvalue weighted by Gasteiger charge is -2.23. The molecule has 0 aliphatic carbocycles. The number of para-hydroxylation sites is 1. The van der Waals surface area contributed by atoms with E-state index in [1.807, 2.05) is 42.2 Å². The molecule has 1 aromatic carbocycles. The van der Waals surface area contributed by atoms with Crippen LogP contribution in [0.4, 0.5) is 10.5 Å². The van der Waals surface area contributed by atoms with Crippen LogP contribution >= 0.6 is 15.9 Å². The Labute approximate surface area is 137 Å². The number of aryl methyl sites for hydroxylation is 1. The van der Waals surface area contributed by atoms with Gasteiger partial charge in [0.2, 0.25) is 0 Å². The van der Waals surface area contributed by atoms with Gasteiger partial charge in [-0.05, 0) is 47.3 Å². The van der Waals surface area contributed by atoms with Gasteiger partial charge in [0.25, 0.3) is 0 Å². The van der Waals surface area contributed by atoms with E-state index in [0.29, 0.717) is 0 Å². The number of nitrogens with one attached hydrogen (secondary N) is 1. The molecule has 6 heteroatoms. The molecule has 0 radical (unpaired) electrons. The molecule has 1 atom stereocenters. The highest BCUT2D eigenvalue weighted by molar-refractivity contribution is 9.10. The summed E-state index contributed by atoms with van der Waals surface area (Å²) in [7, 11) is 0. The number of carbonyl (C=O) groups excluding carboxylic acids is 1. The minimum absolute atomic E-state index is 0.0321. The van der Waals surface area contributed by atoms with Crippen molar-refractivity contribution >= 4 is 27.6 Å². The summed E-state index contributed by atoms with van der Waals surface area (Å²) < 4.78 is 6.28. The van der Waals surface area contributed by atoms with Crippen molar-refractivity contribution in [3.05, 3.63) is 46.3 Å². The SMILES string of the molecule is CCc1cc([C@@H]2CCCN2C(=O)Nc2ccccc2Br)on1. The average Bonchev–Trinajstić information content (AvgIpc) is 3.17. The Morgan fingerprint density at radius 2 is 2.32 bits per heavy atom. The van der Waals surface area contributed by atoms with Gasteiger partial charge in [-0.15, -0.1) is 0 Å². The summed E-state index contributed by atoms with van der Waals surface area (Å²) in [5.74, 6) is 0.775. The molecule has 1 saturated heterocycles. The lowest BCUT2D eigenvalue weighted by atomic mass is 10.1. The van der Waals surface area contributed by atoms with Crippen LogP contribution in [0.3, 0.4) is 0 Å². The molecule has 22 heavy (non-hydrogen) atoms. The molecule has 0 saturated carbocycles. The van der Waals surface area contributed by atoms with Gasteiger partial charge in [-0.1, -0.05) is 24.2 Å². The molecule has 2 heterocycles. The van der Waals surface area contributed by atoms with E-state index in [1.54, 1.807) is 0 Å². The number of benzene rings is 1. The number of amides is 2. The molecule has 116 valence electrons. The molecule has 2 aromatic rings. The maximum Gasteiger partial charge on any atom is 0.322 e. The van der Waals surface area contributed by atoms with E-state index in [2.05, 4.69) is 26.4 Å². The monoisotopic (exact) mass is 363 g/mol. The number of hydrogen-bond acceptors (Lipinski definition) is 3. The zero-order valence-electron chi connectivity index (χ0n) is 12.4. The van der Waals surface area contributed by atoms with Crippen LogP contribution in [0, 0.1) is 0 Å².